The Labute approximate surface area is 113 Å². The molecular weight excluding hydrogens is 304 g/mol. The maximum atomic E-state index is 6.08. The highest BCUT2D eigenvalue weighted by molar-refractivity contribution is 9.10. The highest BCUT2D eigenvalue weighted by Gasteiger charge is 2.15. The van der Waals surface area contributed by atoms with Crippen molar-refractivity contribution in [3.63, 3.8) is 0 Å². The van der Waals surface area contributed by atoms with E-state index in [0.717, 1.165) is 15.6 Å². The minimum absolute atomic E-state index is 0.439. The van der Waals surface area contributed by atoms with Crippen LogP contribution in [0.5, 0.6) is 5.75 Å². The van der Waals surface area contributed by atoms with E-state index < -0.39 is 0 Å². The van der Waals surface area contributed by atoms with E-state index in [-0.39, 0.29) is 0 Å². The standard InChI is InChI=1S/C12H10BrClN2O/c1-17-9-5-4-8(14)11(13)10(9)7-3-2-6-16-12(7)15/h2-6H,1H3,(H2,15,16). The number of hydrogen-bond donors (Lipinski definition) is 1. The average Bonchev–Trinajstić information content (AvgIpc) is 2.34. The molecule has 0 spiro atoms. The minimum Gasteiger partial charge on any atom is -0.496 e. The third-order valence-corrected chi connectivity index (χ3v) is 3.75. The van der Waals surface area contributed by atoms with Crippen LogP contribution in [0.3, 0.4) is 0 Å². The van der Waals surface area contributed by atoms with Crippen molar-refractivity contribution in [2.24, 2.45) is 0 Å². The van der Waals surface area contributed by atoms with E-state index in [4.69, 9.17) is 22.1 Å². The van der Waals surface area contributed by atoms with Gasteiger partial charge >= 0.3 is 0 Å². The lowest BCUT2D eigenvalue weighted by molar-refractivity contribution is 0.416. The second-order valence-electron chi connectivity index (χ2n) is 3.37. The molecule has 1 aromatic heterocycles. The number of hydrogen-bond acceptors (Lipinski definition) is 3. The van der Waals surface area contributed by atoms with Gasteiger partial charge in [-0.1, -0.05) is 11.6 Å². The summed E-state index contributed by atoms with van der Waals surface area (Å²) < 4.78 is 6.07. The van der Waals surface area contributed by atoms with E-state index in [1.165, 1.54) is 0 Å². The largest absolute Gasteiger partial charge is 0.496 e. The lowest BCUT2D eigenvalue weighted by Gasteiger charge is -2.13. The Kier molecular flexibility index (Phi) is 3.54. The Bertz CT molecular complexity index is 560. The smallest absolute Gasteiger partial charge is 0.131 e. The summed E-state index contributed by atoms with van der Waals surface area (Å²) in [5, 5.41) is 0.601. The van der Waals surface area contributed by atoms with Gasteiger partial charge in [0.1, 0.15) is 11.6 Å². The van der Waals surface area contributed by atoms with Gasteiger partial charge in [-0.3, -0.25) is 0 Å². The van der Waals surface area contributed by atoms with Gasteiger partial charge in [-0.15, -0.1) is 0 Å². The molecule has 2 aromatic rings. The molecule has 3 nitrogen and oxygen atoms in total. The minimum atomic E-state index is 0.439. The molecule has 0 unspecified atom stereocenters. The fraction of sp³-hybridized carbons (Fsp3) is 0.0833. The molecule has 0 radical (unpaired) electrons. The number of benzene rings is 1. The highest BCUT2D eigenvalue weighted by atomic mass is 79.9. The van der Waals surface area contributed by atoms with Crippen LogP contribution in [0.15, 0.2) is 34.9 Å². The molecule has 5 heteroatoms. The number of nitrogens with zero attached hydrogens (tertiary/aromatic N) is 1. The van der Waals surface area contributed by atoms with Crippen molar-refractivity contribution < 1.29 is 4.74 Å². The van der Waals surface area contributed by atoms with Crippen LogP contribution in [0.2, 0.25) is 5.02 Å². The fourth-order valence-corrected chi connectivity index (χ4v) is 2.28. The number of methoxy groups -OCH3 is 1. The van der Waals surface area contributed by atoms with Crippen LogP contribution in [-0.2, 0) is 0 Å². The van der Waals surface area contributed by atoms with Crippen molar-refractivity contribution in [1.82, 2.24) is 4.98 Å². The van der Waals surface area contributed by atoms with Crippen molar-refractivity contribution in [1.29, 1.82) is 0 Å². The molecule has 0 atom stereocenters. The first-order chi connectivity index (χ1) is 8.15. The first-order valence-corrected chi connectivity index (χ1v) is 6.05. The number of rotatable bonds is 2. The van der Waals surface area contributed by atoms with Gasteiger partial charge in [0.15, 0.2) is 0 Å². The summed E-state index contributed by atoms with van der Waals surface area (Å²) in [5.41, 5.74) is 7.47. The molecule has 2 N–H and O–H groups in total. The third kappa shape index (κ3) is 2.23. The highest BCUT2D eigenvalue weighted by Crippen LogP contribution is 2.42. The van der Waals surface area contributed by atoms with E-state index in [1.807, 2.05) is 12.1 Å². The van der Waals surface area contributed by atoms with E-state index in [2.05, 4.69) is 20.9 Å². The molecule has 88 valence electrons. The first-order valence-electron chi connectivity index (χ1n) is 4.88. The lowest BCUT2D eigenvalue weighted by Crippen LogP contribution is -1.96. The summed E-state index contributed by atoms with van der Waals surface area (Å²) in [7, 11) is 1.60. The van der Waals surface area contributed by atoms with Crippen molar-refractivity contribution in [2.45, 2.75) is 0 Å². The number of anilines is 1. The lowest BCUT2D eigenvalue weighted by atomic mass is 10.1. The van der Waals surface area contributed by atoms with Crippen molar-refractivity contribution in [3.05, 3.63) is 40.0 Å². The Hall–Kier alpha value is -1.26. The number of nitrogen functional groups attached to an aromatic ring is 1. The average molecular weight is 314 g/mol. The predicted octanol–water partition coefficient (Wildman–Crippen LogP) is 3.76. The maximum Gasteiger partial charge on any atom is 0.131 e. The van der Waals surface area contributed by atoms with Crippen LogP contribution in [0.25, 0.3) is 11.1 Å². The molecule has 0 aliphatic heterocycles. The van der Waals surface area contributed by atoms with Crippen LogP contribution in [-0.4, -0.2) is 12.1 Å². The van der Waals surface area contributed by atoms with Gasteiger partial charge in [-0.05, 0) is 40.2 Å². The third-order valence-electron chi connectivity index (χ3n) is 2.38. The summed E-state index contributed by atoms with van der Waals surface area (Å²) >= 11 is 9.53. The van der Waals surface area contributed by atoms with Gasteiger partial charge in [-0.25, -0.2) is 4.98 Å². The molecule has 1 aromatic carbocycles. The van der Waals surface area contributed by atoms with E-state index in [1.54, 1.807) is 25.4 Å². The Morgan fingerprint density at radius 1 is 1.35 bits per heavy atom. The molecule has 2 rings (SSSR count). The fourth-order valence-electron chi connectivity index (χ4n) is 1.58. The molecule has 0 aliphatic rings. The summed E-state index contributed by atoms with van der Waals surface area (Å²) in [5.74, 6) is 1.13. The van der Waals surface area contributed by atoms with Crippen LogP contribution in [0, 0.1) is 0 Å². The summed E-state index contributed by atoms with van der Waals surface area (Å²) in [6, 6.07) is 7.26. The zero-order valence-corrected chi connectivity index (χ0v) is 11.4. The van der Waals surface area contributed by atoms with E-state index in [0.29, 0.717) is 16.6 Å². The monoisotopic (exact) mass is 312 g/mol. The van der Waals surface area contributed by atoms with Crippen molar-refractivity contribution >= 4 is 33.3 Å². The number of nitrogens with two attached hydrogens (primary N) is 1. The van der Waals surface area contributed by atoms with Crippen molar-refractivity contribution in [2.75, 3.05) is 12.8 Å². The molecule has 0 aliphatic carbocycles. The SMILES string of the molecule is COc1ccc(Cl)c(Br)c1-c1cccnc1N. The number of halogens is 2. The normalized spacial score (nSPS) is 10.3. The number of aromatic nitrogens is 1. The Morgan fingerprint density at radius 3 is 2.76 bits per heavy atom. The maximum absolute atomic E-state index is 6.08. The van der Waals surface area contributed by atoms with E-state index >= 15 is 0 Å². The van der Waals surface area contributed by atoms with Crippen LogP contribution >= 0.6 is 27.5 Å². The summed E-state index contributed by atoms with van der Waals surface area (Å²) in [6.45, 7) is 0. The molecule has 1 heterocycles. The first kappa shape index (κ1) is 12.2. The Balaban J connectivity index is 2.74. The molecule has 0 bridgehead atoms. The van der Waals surface area contributed by atoms with Crippen LogP contribution < -0.4 is 10.5 Å². The van der Waals surface area contributed by atoms with Crippen LogP contribution in [0.4, 0.5) is 5.82 Å². The van der Waals surface area contributed by atoms with Crippen molar-refractivity contribution in [3.8, 4) is 16.9 Å². The number of pyridine rings is 1. The zero-order valence-electron chi connectivity index (χ0n) is 9.08. The predicted molar refractivity (Wildman–Crippen MR) is 73.3 cm³/mol. The quantitative estimate of drug-likeness (QED) is 0.918. The number of ether oxygens (including phenoxy) is 1. The molecule has 0 saturated carbocycles. The topological polar surface area (TPSA) is 48.1 Å². The molecule has 0 saturated heterocycles. The van der Waals surface area contributed by atoms with Crippen LogP contribution in [0.1, 0.15) is 0 Å². The molecule has 0 amide bonds. The van der Waals surface area contributed by atoms with Gasteiger partial charge in [-0.2, -0.15) is 0 Å². The zero-order chi connectivity index (χ0) is 12.4. The molecule has 0 fully saturated rings. The van der Waals surface area contributed by atoms with Gasteiger partial charge in [0.05, 0.1) is 12.1 Å². The second-order valence-corrected chi connectivity index (χ2v) is 4.58. The second kappa shape index (κ2) is 4.94. The van der Waals surface area contributed by atoms with Gasteiger partial charge in [0, 0.05) is 21.8 Å². The summed E-state index contributed by atoms with van der Waals surface area (Å²) in [4.78, 5) is 4.06. The Morgan fingerprint density at radius 2 is 2.12 bits per heavy atom. The van der Waals surface area contributed by atoms with E-state index in [9.17, 15) is 0 Å². The molecular formula is C12H10BrClN2O. The van der Waals surface area contributed by atoms with Gasteiger partial charge in [0.2, 0.25) is 0 Å². The molecule has 17 heavy (non-hydrogen) atoms. The van der Waals surface area contributed by atoms with Gasteiger partial charge in [0.25, 0.3) is 0 Å². The summed E-state index contributed by atoms with van der Waals surface area (Å²) in [6.07, 6.45) is 1.64. The van der Waals surface area contributed by atoms with Gasteiger partial charge < -0.3 is 10.5 Å².